The van der Waals surface area contributed by atoms with Gasteiger partial charge in [-0.2, -0.15) is 0 Å². The molecule has 0 bridgehead atoms. The van der Waals surface area contributed by atoms with Crippen molar-refractivity contribution < 1.29 is 28.9 Å². The van der Waals surface area contributed by atoms with Crippen molar-refractivity contribution in [1.29, 1.82) is 0 Å². The van der Waals surface area contributed by atoms with Gasteiger partial charge in [0.2, 0.25) is 6.41 Å². The largest absolute Gasteiger partial charge is 0.400 e. The molecule has 1 heterocycles. The lowest BCUT2D eigenvalue weighted by Gasteiger charge is -2.27. The van der Waals surface area contributed by atoms with Crippen molar-refractivity contribution in [2.75, 3.05) is 13.7 Å². The van der Waals surface area contributed by atoms with Crippen molar-refractivity contribution in [2.45, 2.75) is 38.5 Å². The summed E-state index contributed by atoms with van der Waals surface area (Å²) in [6, 6.07) is -0.769. The quantitative estimate of drug-likeness (QED) is 0.655. The van der Waals surface area contributed by atoms with Crippen LogP contribution < -0.4 is 5.32 Å². The number of hydrogen-bond donors (Lipinski definition) is 3. The topological polar surface area (TPSA) is 99.1 Å². The number of amides is 3. The molecule has 20 heavy (non-hydrogen) atoms. The molecule has 116 valence electrons. The lowest BCUT2D eigenvalue weighted by Crippen LogP contribution is -2.44. The monoisotopic (exact) mass is 292 g/mol. The second kappa shape index (κ2) is 8.62. The van der Waals surface area contributed by atoms with E-state index < -0.39 is 23.7 Å². The summed E-state index contributed by atoms with van der Waals surface area (Å²) < 4.78 is 18.4. The second-order valence-electron chi connectivity index (χ2n) is 4.41. The van der Waals surface area contributed by atoms with E-state index in [0.717, 1.165) is 18.2 Å². The zero-order valence-corrected chi connectivity index (χ0v) is 11.8. The van der Waals surface area contributed by atoms with E-state index in [9.17, 15) is 14.0 Å². The Morgan fingerprint density at radius 1 is 1.60 bits per heavy atom. The van der Waals surface area contributed by atoms with Gasteiger partial charge < -0.3 is 14.9 Å². The molecule has 0 aromatic heterocycles. The molecule has 1 aliphatic heterocycles. The van der Waals surface area contributed by atoms with Gasteiger partial charge in [-0.3, -0.25) is 15.0 Å². The average molecular weight is 292 g/mol. The van der Waals surface area contributed by atoms with E-state index in [1.807, 2.05) is 5.32 Å². The molecular weight excluding hydrogens is 271 g/mol. The zero-order valence-electron chi connectivity index (χ0n) is 11.8. The number of carbonyl (C=O) groups excluding carboxylic acids is 2. The molecule has 8 heteroatoms. The summed E-state index contributed by atoms with van der Waals surface area (Å²) in [6.07, 6.45) is 1.47. The maximum absolute atomic E-state index is 12.9. The zero-order chi connectivity index (χ0) is 15.8. The summed E-state index contributed by atoms with van der Waals surface area (Å²) in [4.78, 5) is 22.8. The lowest BCUT2D eigenvalue weighted by molar-refractivity contribution is -0.109. The highest BCUT2D eigenvalue weighted by Gasteiger charge is 2.39. The van der Waals surface area contributed by atoms with Gasteiger partial charge in [-0.25, -0.2) is 9.18 Å². The Balaban J connectivity index is 0.00000172. The van der Waals surface area contributed by atoms with E-state index in [-0.39, 0.29) is 13.0 Å². The van der Waals surface area contributed by atoms with Crippen LogP contribution in [0.15, 0.2) is 12.0 Å². The number of ether oxygens (including phenoxy) is 1. The maximum Gasteiger partial charge on any atom is 0.330 e. The minimum atomic E-state index is -0.769. The van der Waals surface area contributed by atoms with Gasteiger partial charge in [-0.15, -0.1) is 0 Å². The second-order valence-corrected chi connectivity index (χ2v) is 4.41. The van der Waals surface area contributed by atoms with Crippen LogP contribution in [-0.4, -0.2) is 53.1 Å². The third-order valence-electron chi connectivity index (χ3n) is 2.72. The smallest absolute Gasteiger partial charge is 0.330 e. The van der Waals surface area contributed by atoms with Crippen LogP contribution in [0.2, 0.25) is 0 Å². The molecule has 3 amide bonds. The number of hydrogen-bond acceptors (Lipinski definition) is 5. The van der Waals surface area contributed by atoms with Crippen molar-refractivity contribution in [2.24, 2.45) is 0 Å². The van der Waals surface area contributed by atoms with Gasteiger partial charge in [-0.1, -0.05) is 0 Å². The number of nitrogens with zero attached hydrogens (tertiary/aromatic N) is 1. The first-order valence-electron chi connectivity index (χ1n) is 6.01. The fourth-order valence-electron chi connectivity index (χ4n) is 1.78. The Labute approximate surface area is 117 Å². The SMILES string of the molecule is C/C(F)=C\N(C(=O)NC=O)C1CCC(C)(CO)O1.CO. The molecular formula is C12H21FN2O5. The number of nitrogens with one attached hydrogen (secondary N) is 1. The molecule has 1 rings (SSSR count). The third kappa shape index (κ3) is 5.24. The fourth-order valence-corrected chi connectivity index (χ4v) is 1.78. The van der Waals surface area contributed by atoms with Crippen molar-refractivity contribution in [3.05, 3.63) is 12.0 Å². The molecule has 0 aromatic rings. The first kappa shape index (κ1) is 18.5. The number of halogens is 1. The number of rotatable bonds is 4. The van der Waals surface area contributed by atoms with Crippen LogP contribution in [0.5, 0.6) is 0 Å². The highest BCUT2D eigenvalue weighted by Crippen LogP contribution is 2.31. The summed E-state index contributed by atoms with van der Waals surface area (Å²) in [6.45, 7) is 2.70. The van der Waals surface area contributed by atoms with Crippen LogP contribution in [0.25, 0.3) is 0 Å². The number of allylic oxidation sites excluding steroid dienone is 1. The van der Waals surface area contributed by atoms with Crippen LogP contribution in [-0.2, 0) is 9.53 Å². The van der Waals surface area contributed by atoms with Crippen LogP contribution in [0, 0.1) is 0 Å². The average Bonchev–Trinajstić information content (AvgIpc) is 2.81. The minimum Gasteiger partial charge on any atom is -0.400 e. The highest BCUT2D eigenvalue weighted by molar-refractivity contribution is 5.85. The van der Waals surface area contributed by atoms with Gasteiger partial charge in [0.15, 0.2) is 0 Å². The molecule has 3 N–H and O–H groups in total. The van der Waals surface area contributed by atoms with Gasteiger partial charge >= 0.3 is 6.03 Å². The molecule has 1 saturated heterocycles. The van der Waals surface area contributed by atoms with Gasteiger partial charge in [0.25, 0.3) is 0 Å². The number of aliphatic hydroxyl groups is 2. The van der Waals surface area contributed by atoms with E-state index in [1.54, 1.807) is 6.92 Å². The molecule has 1 aliphatic rings. The number of aliphatic hydroxyl groups excluding tert-OH is 2. The van der Waals surface area contributed by atoms with Crippen LogP contribution in [0.1, 0.15) is 26.7 Å². The van der Waals surface area contributed by atoms with E-state index >= 15 is 0 Å². The number of imide groups is 1. The Morgan fingerprint density at radius 3 is 2.60 bits per heavy atom. The molecule has 1 fully saturated rings. The minimum absolute atomic E-state index is 0.190. The van der Waals surface area contributed by atoms with E-state index in [1.165, 1.54) is 6.92 Å². The molecule has 2 atom stereocenters. The Bertz CT molecular complexity index is 360. The predicted molar refractivity (Wildman–Crippen MR) is 69.0 cm³/mol. The summed E-state index contributed by atoms with van der Waals surface area (Å²) in [5, 5.41) is 18.1. The van der Waals surface area contributed by atoms with Crippen LogP contribution >= 0.6 is 0 Å². The first-order chi connectivity index (χ1) is 9.41. The number of carbonyl (C=O) groups is 2. The number of urea groups is 1. The van der Waals surface area contributed by atoms with Crippen molar-refractivity contribution in [3.8, 4) is 0 Å². The fraction of sp³-hybridized carbons (Fsp3) is 0.667. The van der Waals surface area contributed by atoms with Crippen LogP contribution in [0.3, 0.4) is 0 Å². The van der Waals surface area contributed by atoms with Gasteiger partial charge in [0.05, 0.1) is 12.2 Å². The van der Waals surface area contributed by atoms with Crippen LogP contribution in [0.4, 0.5) is 9.18 Å². The van der Waals surface area contributed by atoms with E-state index in [2.05, 4.69) is 0 Å². The highest BCUT2D eigenvalue weighted by atomic mass is 19.1. The molecule has 7 nitrogen and oxygen atoms in total. The standard InChI is InChI=1S/C11H17FN2O4.CH4O/c1-8(12)5-14(10(17)13-7-16)9-3-4-11(2,6-15)18-9;1-2/h5,7,9,15H,3-4,6H2,1-2H3,(H,13,16,17);2H,1H3/b8-5+;. The lowest BCUT2D eigenvalue weighted by atomic mass is 10.0. The maximum atomic E-state index is 12.9. The third-order valence-corrected chi connectivity index (χ3v) is 2.72. The molecule has 2 unspecified atom stereocenters. The summed E-state index contributed by atoms with van der Waals surface area (Å²) in [5.74, 6) is -0.586. The van der Waals surface area contributed by atoms with Crippen molar-refractivity contribution >= 4 is 12.4 Å². The predicted octanol–water partition coefficient (Wildman–Crippen LogP) is 0.481. The summed E-state index contributed by atoms with van der Waals surface area (Å²) in [7, 11) is 1.00. The Morgan fingerprint density at radius 2 is 2.20 bits per heavy atom. The van der Waals surface area contributed by atoms with Crippen molar-refractivity contribution in [1.82, 2.24) is 10.2 Å². The summed E-state index contributed by atoms with van der Waals surface area (Å²) in [5.41, 5.74) is -0.748. The molecule has 0 saturated carbocycles. The molecule has 0 spiro atoms. The van der Waals surface area contributed by atoms with Gasteiger partial charge in [-0.05, 0) is 26.7 Å². The molecule has 0 radical (unpaired) electrons. The van der Waals surface area contributed by atoms with Gasteiger partial charge in [0.1, 0.15) is 12.1 Å². The molecule has 0 aromatic carbocycles. The van der Waals surface area contributed by atoms with Gasteiger partial charge in [0, 0.05) is 13.3 Å². The Kier molecular flexibility index (Phi) is 7.97. The summed E-state index contributed by atoms with van der Waals surface area (Å²) >= 11 is 0. The van der Waals surface area contributed by atoms with E-state index in [4.69, 9.17) is 14.9 Å². The Hall–Kier alpha value is -1.51. The van der Waals surface area contributed by atoms with Crippen molar-refractivity contribution in [3.63, 3.8) is 0 Å². The molecule has 0 aliphatic carbocycles. The first-order valence-corrected chi connectivity index (χ1v) is 6.01. The normalized spacial score (nSPS) is 25.5. The van der Waals surface area contributed by atoms with E-state index in [0.29, 0.717) is 12.8 Å².